The molecule has 0 fully saturated rings. The van der Waals surface area contributed by atoms with Gasteiger partial charge in [0.05, 0.1) is 13.2 Å². The fourth-order valence-electron chi connectivity index (χ4n) is 3.16. The van der Waals surface area contributed by atoms with Crippen LogP contribution >= 0.6 is 0 Å². The summed E-state index contributed by atoms with van der Waals surface area (Å²) in [6.45, 7) is 0.446. The van der Waals surface area contributed by atoms with Crippen LogP contribution in [0.15, 0.2) is 84.9 Å². The van der Waals surface area contributed by atoms with Crippen LogP contribution < -0.4 is 10.1 Å². The summed E-state index contributed by atoms with van der Waals surface area (Å²) < 4.78 is 11.5. The number of terminal acetylenes is 1. The van der Waals surface area contributed by atoms with Crippen LogP contribution in [0, 0.1) is 12.3 Å². The lowest BCUT2D eigenvalue weighted by Crippen LogP contribution is -2.44. The Morgan fingerprint density at radius 3 is 2.15 bits per heavy atom. The number of hydrogen-bond donors (Lipinski definition) is 1. The number of hydrogen-bond acceptors (Lipinski definition) is 4. The van der Waals surface area contributed by atoms with Gasteiger partial charge in [-0.15, -0.1) is 12.3 Å². The molecule has 1 N–H and O–H groups in total. The van der Waals surface area contributed by atoms with E-state index in [0.29, 0.717) is 18.8 Å². The van der Waals surface area contributed by atoms with E-state index in [4.69, 9.17) is 15.9 Å². The minimum atomic E-state index is -0.751. The number of benzene rings is 3. The molecule has 0 aliphatic carbocycles. The monoisotopic (exact) mass is 441 g/mol. The average Bonchev–Trinajstić information content (AvgIpc) is 2.84. The first-order valence-corrected chi connectivity index (χ1v) is 10.8. The molecule has 1 atom stereocenters. The van der Waals surface area contributed by atoms with Gasteiger partial charge in [-0.05, 0) is 35.4 Å². The zero-order chi connectivity index (χ0) is 23.3. The van der Waals surface area contributed by atoms with Crippen molar-refractivity contribution >= 4 is 11.7 Å². The Balaban J connectivity index is 1.59. The predicted octanol–water partition coefficient (Wildman–Crippen LogP) is 4.71. The Morgan fingerprint density at radius 2 is 1.48 bits per heavy atom. The molecule has 0 aliphatic rings. The number of nitrogens with one attached hydrogen (secondary N) is 1. The highest BCUT2D eigenvalue weighted by Crippen LogP contribution is 2.21. The van der Waals surface area contributed by atoms with Crippen LogP contribution in [0.2, 0.25) is 0 Å². The van der Waals surface area contributed by atoms with Crippen molar-refractivity contribution in [2.45, 2.75) is 31.9 Å². The van der Waals surface area contributed by atoms with Gasteiger partial charge < -0.3 is 14.8 Å². The molecule has 0 spiro atoms. The summed E-state index contributed by atoms with van der Waals surface area (Å²) in [5.74, 6) is 3.47. The van der Waals surface area contributed by atoms with Crippen molar-refractivity contribution in [1.82, 2.24) is 5.32 Å². The lowest BCUT2D eigenvalue weighted by atomic mass is 10.0. The highest BCUT2D eigenvalue weighted by molar-refractivity contribution is 5.90. The van der Waals surface area contributed by atoms with Crippen molar-refractivity contribution in [3.8, 4) is 23.8 Å². The lowest BCUT2D eigenvalue weighted by Gasteiger charge is -2.18. The molecule has 1 unspecified atom stereocenters. The second-order valence-corrected chi connectivity index (χ2v) is 7.53. The van der Waals surface area contributed by atoms with E-state index in [1.165, 1.54) is 0 Å². The largest absolute Gasteiger partial charge is 0.457 e. The number of Topliss-reactive ketones (excluding diaryl/α,β-unsaturated/α-hetero) is 1. The predicted molar refractivity (Wildman–Crippen MR) is 128 cm³/mol. The Labute approximate surface area is 194 Å². The van der Waals surface area contributed by atoms with E-state index in [2.05, 4.69) is 11.2 Å². The van der Waals surface area contributed by atoms with Crippen LogP contribution in [0.3, 0.4) is 0 Å². The first-order chi connectivity index (χ1) is 16.1. The van der Waals surface area contributed by atoms with Gasteiger partial charge in [-0.1, -0.05) is 60.7 Å². The molecule has 3 aromatic rings. The number of amides is 1. The van der Waals surface area contributed by atoms with E-state index in [9.17, 15) is 9.59 Å². The van der Waals surface area contributed by atoms with E-state index in [-0.39, 0.29) is 31.1 Å². The molecule has 0 saturated heterocycles. The normalized spacial score (nSPS) is 11.2. The smallest absolute Gasteiger partial charge is 0.221 e. The molecule has 5 heteroatoms. The molecule has 0 saturated carbocycles. The van der Waals surface area contributed by atoms with Gasteiger partial charge in [0.2, 0.25) is 5.91 Å². The molecule has 0 aliphatic heterocycles. The number of ether oxygens (including phenoxy) is 2. The van der Waals surface area contributed by atoms with E-state index in [1.807, 2.05) is 84.9 Å². The number of rotatable bonds is 12. The molecule has 0 heterocycles. The van der Waals surface area contributed by atoms with Crippen LogP contribution in [0.5, 0.6) is 11.5 Å². The summed E-state index contributed by atoms with van der Waals surface area (Å²) in [5.41, 5.74) is 1.82. The first-order valence-electron chi connectivity index (χ1n) is 10.8. The molecule has 1 amide bonds. The lowest BCUT2D eigenvalue weighted by molar-refractivity contribution is -0.129. The third-order valence-corrected chi connectivity index (χ3v) is 4.90. The molecule has 0 radical (unpaired) electrons. The van der Waals surface area contributed by atoms with Crippen molar-refractivity contribution in [1.29, 1.82) is 0 Å². The summed E-state index contributed by atoms with van der Waals surface area (Å²) in [6, 6.07) is 25.7. The fraction of sp³-hybridized carbons (Fsp3) is 0.214. The van der Waals surface area contributed by atoms with Crippen molar-refractivity contribution in [2.24, 2.45) is 0 Å². The summed E-state index contributed by atoms with van der Waals surface area (Å²) >= 11 is 0. The van der Waals surface area contributed by atoms with Crippen molar-refractivity contribution in [3.63, 3.8) is 0 Å². The molecular formula is C28H27NO4. The molecular weight excluding hydrogens is 414 g/mol. The second kappa shape index (κ2) is 12.8. The average molecular weight is 442 g/mol. The maximum Gasteiger partial charge on any atom is 0.221 e. The topological polar surface area (TPSA) is 64.6 Å². The van der Waals surface area contributed by atoms with E-state index in [1.54, 1.807) is 0 Å². The summed E-state index contributed by atoms with van der Waals surface area (Å²) in [7, 11) is 0. The second-order valence-electron chi connectivity index (χ2n) is 7.53. The van der Waals surface area contributed by atoms with Gasteiger partial charge in [-0.3, -0.25) is 9.59 Å². The van der Waals surface area contributed by atoms with Crippen LogP contribution in [0.25, 0.3) is 0 Å². The molecule has 168 valence electrons. The third-order valence-electron chi connectivity index (χ3n) is 4.90. The Hall–Kier alpha value is -3.88. The zero-order valence-corrected chi connectivity index (χ0v) is 18.4. The molecule has 0 aromatic heterocycles. The first kappa shape index (κ1) is 23.8. The highest BCUT2D eigenvalue weighted by atomic mass is 16.5. The van der Waals surface area contributed by atoms with Gasteiger partial charge >= 0.3 is 0 Å². The number of ketones is 1. The summed E-state index contributed by atoms with van der Waals surface area (Å²) in [4.78, 5) is 25.2. The molecule has 33 heavy (non-hydrogen) atoms. The van der Waals surface area contributed by atoms with E-state index >= 15 is 0 Å². The zero-order valence-electron chi connectivity index (χ0n) is 18.4. The minimum absolute atomic E-state index is 0.0880. The maximum absolute atomic E-state index is 13.0. The van der Waals surface area contributed by atoms with Gasteiger partial charge in [0.1, 0.15) is 17.5 Å². The maximum atomic E-state index is 13.0. The Bertz CT molecular complexity index is 1060. The van der Waals surface area contributed by atoms with Gasteiger partial charge in [0.15, 0.2) is 5.78 Å². The van der Waals surface area contributed by atoms with Crippen molar-refractivity contribution < 1.29 is 19.1 Å². The molecule has 0 bridgehead atoms. The van der Waals surface area contributed by atoms with Crippen LogP contribution in [0.1, 0.15) is 24.0 Å². The number of carbonyl (C=O) groups excluding carboxylic acids is 2. The molecule has 3 aromatic carbocycles. The van der Waals surface area contributed by atoms with Crippen LogP contribution in [-0.4, -0.2) is 24.3 Å². The van der Waals surface area contributed by atoms with Crippen LogP contribution in [-0.2, 0) is 27.4 Å². The van der Waals surface area contributed by atoms with Gasteiger partial charge in [-0.2, -0.15) is 0 Å². The fourth-order valence-corrected chi connectivity index (χ4v) is 3.16. The minimum Gasteiger partial charge on any atom is -0.457 e. The third kappa shape index (κ3) is 8.29. The quantitative estimate of drug-likeness (QED) is 0.414. The number of para-hydroxylation sites is 1. The van der Waals surface area contributed by atoms with Gasteiger partial charge in [-0.25, -0.2) is 0 Å². The van der Waals surface area contributed by atoms with E-state index < -0.39 is 6.04 Å². The Morgan fingerprint density at radius 1 is 0.848 bits per heavy atom. The molecule has 5 nitrogen and oxygen atoms in total. The van der Waals surface area contributed by atoms with Crippen LogP contribution in [0.4, 0.5) is 0 Å². The molecule has 3 rings (SSSR count). The standard InChI is InChI=1S/C28H27NO4/c1-2-3-14-28(31)29-26(21-32-20-23-10-6-4-7-11-23)27(30)19-22-15-17-25(18-16-22)33-24-12-8-5-9-13-24/h1,4-13,15-18,26H,3,14,19-21H2,(H,29,31). The van der Waals surface area contributed by atoms with Gasteiger partial charge in [0, 0.05) is 19.3 Å². The van der Waals surface area contributed by atoms with E-state index in [0.717, 1.165) is 16.9 Å². The van der Waals surface area contributed by atoms with Crippen molar-refractivity contribution in [2.75, 3.05) is 6.61 Å². The number of carbonyl (C=O) groups is 2. The van der Waals surface area contributed by atoms with Crippen molar-refractivity contribution in [3.05, 3.63) is 96.1 Å². The SMILES string of the molecule is C#CCCC(=O)NC(COCc1ccccc1)C(=O)Cc1ccc(Oc2ccccc2)cc1. The highest BCUT2D eigenvalue weighted by Gasteiger charge is 2.21. The summed E-state index contributed by atoms with van der Waals surface area (Å²) in [5, 5.41) is 2.77. The summed E-state index contributed by atoms with van der Waals surface area (Å²) in [6.07, 6.45) is 5.90. The van der Waals surface area contributed by atoms with Gasteiger partial charge in [0.25, 0.3) is 0 Å². The Kier molecular flexibility index (Phi) is 9.26.